The lowest BCUT2D eigenvalue weighted by molar-refractivity contribution is -0.147. The number of piperazine rings is 2. The van der Waals surface area contributed by atoms with Gasteiger partial charge in [-0.1, -0.05) is 0 Å². The smallest absolute Gasteiger partial charge is 0.248 e. The molecule has 0 unspecified atom stereocenters. The van der Waals surface area contributed by atoms with Crippen LogP contribution in [-0.2, 0) is 14.3 Å². The summed E-state index contributed by atoms with van der Waals surface area (Å²) in [4.78, 5) is 29.8. The van der Waals surface area contributed by atoms with E-state index < -0.39 is 0 Å². The zero-order valence-electron chi connectivity index (χ0n) is 12.9. The first-order chi connectivity index (χ1) is 9.35. The van der Waals surface area contributed by atoms with Gasteiger partial charge in [0.15, 0.2) is 0 Å². The summed E-state index contributed by atoms with van der Waals surface area (Å²) in [6, 6.07) is 0.220. The minimum atomic E-state index is -0.0367. The van der Waals surface area contributed by atoms with Crippen molar-refractivity contribution in [2.45, 2.75) is 32.4 Å². The van der Waals surface area contributed by atoms with E-state index in [1.54, 1.807) is 6.92 Å². The summed E-state index contributed by atoms with van der Waals surface area (Å²) in [6.07, 6.45) is 0. The number of ether oxygens (including phenoxy) is 1. The third-order valence-electron chi connectivity index (χ3n) is 4.34. The fraction of sp³-hybridized carbons (Fsp3) is 0.857. The maximum absolute atomic E-state index is 12.0. The maximum Gasteiger partial charge on any atom is 0.248 e. The highest BCUT2D eigenvalue weighted by Gasteiger charge is 2.43. The van der Waals surface area contributed by atoms with E-state index in [9.17, 15) is 9.59 Å². The molecule has 1 atom stereocenters. The summed E-state index contributed by atoms with van der Waals surface area (Å²) in [5, 5.41) is 0. The number of methoxy groups -OCH3 is 1. The lowest BCUT2D eigenvalue weighted by Crippen LogP contribution is -2.70. The van der Waals surface area contributed by atoms with E-state index in [-0.39, 0.29) is 30.0 Å². The number of carbonyl (C=O) groups is 2. The van der Waals surface area contributed by atoms with E-state index in [1.165, 1.54) is 7.11 Å². The molecule has 0 spiro atoms. The second-order valence-electron chi connectivity index (χ2n) is 6.33. The highest BCUT2D eigenvalue weighted by Crippen LogP contribution is 2.28. The largest absolute Gasteiger partial charge is 0.375 e. The van der Waals surface area contributed by atoms with E-state index in [2.05, 4.69) is 18.7 Å². The summed E-state index contributed by atoms with van der Waals surface area (Å²) in [5.74, 6) is 0.142. The second-order valence-corrected chi connectivity index (χ2v) is 6.33. The van der Waals surface area contributed by atoms with Crippen LogP contribution in [0.3, 0.4) is 0 Å². The summed E-state index contributed by atoms with van der Waals surface area (Å²) < 4.78 is 4.92. The van der Waals surface area contributed by atoms with Crippen LogP contribution in [0.5, 0.6) is 0 Å². The molecule has 0 radical (unpaired) electrons. The SMILES string of the molecule is COCC(=O)N1CCN2[C@H](CN(C(C)=O)CC2(C)C)C1. The number of nitrogens with zero attached hydrogens (tertiary/aromatic N) is 3. The molecule has 2 aliphatic rings. The van der Waals surface area contributed by atoms with Crippen LogP contribution >= 0.6 is 0 Å². The fourth-order valence-corrected chi connectivity index (χ4v) is 3.37. The summed E-state index contributed by atoms with van der Waals surface area (Å²) in [7, 11) is 1.54. The number of amides is 2. The molecule has 2 aliphatic heterocycles. The van der Waals surface area contributed by atoms with Gasteiger partial charge in [0.1, 0.15) is 6.61 Å². The molecule has 6 nitrogen and oxygen atoms in total. The maximum atomic E-state index is 12.0. The van der Waals surface area contributed by atoms with Gasteiger partial charge in [-0.15, -0.1) is 0 Å². The minimum absolute atomic E-state index is 0.0323. The first-order valence-electron chi connectivity index (χ1n) is 7.14. The second kappa shape index (κ2) is 5.69. The van der Waals surface area contributed by atoms with Gasteiger partial charge in [-0.05, 0) is 13.8 Å². The van der Waals surface area contributed by atoms with Gasteiger partial charge in [0.2, 0.25) is 11.8 Å². The number of hydrogen-bond donors (Lipinski definition) is 0. The van der Waals surface area contributed by atoms with Crippen LogP contribution in [0.25, 0.3) is 0 Å². The van der Waals surface area contributed by atoms with Gasteiger partial charge in [-0.3, -0.25) is 14.5 Å². The van der Waals surface area contributed by atoms with Crippen LogP contribution in [0.4, 0.5) is 0 Å². The number of hydrogen-bond acceptors (Lipinski definition) is 4. The van der Waals surface area contributed by atoms with E-state index in [0.29, 0.717) is 13.1 Å². The van der Waals surface area contributed by atoms with Crippen LogP contribution in [-0.4, -0.2) is 84.5 Å². The van der Waals surface area contributed by atoms with Gasteiger partial charge in [0, 0.05) is 58.3 Å². The van der Waals surface area contributed by atoms with Crippen LogP contribution in [0, 0.1) is 0 Å². The summed E-state index contributed by atoms with van der Waals surface area (Å²) in [5.41, 5.74) is -0.0367. The Morgan fingerprint density at radius 2 is 1.85 bits per heavy atom. The molecule has 114 valence electrons. The molecule has 6 heteroatoms. The number of fused-ring (bicyclic) bond motifs is 1. The molecule has 0 aromatic heterocycles. The molecule has 0 aromatic rings. The third kappa shape index (κ3) is 2.96. The Labute approximate surface area is 120 Å². The molecule has 0 N–H and O–H groups in total. The highest BCUT2D eigenvalue weighted by atomic mass is 16.5. The standard InChI is InChI=1S/C14H25N3O3/c1-11(18)16-8-12-7-15(13(19)9-20-4)5-6-17(12)14(2,3)10-16/h12H,5-10H2,1-4H3/t12-/m0/s1. The fourth-order valence-electron chi connectivity index (χ4n) is 3.37. The van der Waals surface area contributed by atoms with Crippen LogP contribution < -0.4 is 0 Å². The Bertz CT molecular complexity index is 397. The Morgan fingerprint density at radius 1 is 1.20 bits per heavy atom. The van der Waals surface area contributed by atoms with Crippen molar-refractivity contribution < 1.29 is 14.3 Å². The van der Waals surface area contributed by atoms with E-state index in [0.717, 1.165) is 19.6 Å². The average molecular weight is 283 g/mol. The molecule has 2 fully saturated rings. The summed E-state index contributed by atoms with van der Waals surface area (Å²) >= 11 is 0. The van der Waals surface area contributed by atoms with Crippen molar-refractivity contribution in [3.8, 4) is 0 Å². The lowest BCUT2D eigenvalue weighted by Gasteiger charge is -2.55. The molecule has 2 saturated heterocycles. The molecule has 20 heavy (non-hydrogen) atoms. The Hall–Kier alpha value is -1.14. The predicted octanol–water partition coefficient (Wildman–Crippen LogP) is -0.214. The van der Waals surface area contributed by atoms with Crippen molar-refractivity contribution in [3.63, 3.8) is 0 Å². The zero-order valence-corrected chi connectivity index (χ0v) is 12.9. The van der Waals surface area contributed by atoms with Gasteiger partial charge < -0.3 is 14.5 Å². The topological polar surface area (TPSA) is 53.1 Å². The van der Waals surface area contributed by atoms with Crippen LogP contribution in [0.15, 0.2) is 0 Å². The van der Waals surface area contributed by atoms with Crippen molar-refractivity contribution in [3.05, 3.63) is 0 Å². The highest BCUT2D eigenvalue weighted by molar-refractivity contribution is 5.77. The normalized spacial score (nSPS) is 26.3. The van der Waals surface area contributed by atoms with Gasteiger partial charge in [-0.2, -0.15) is 0 Å². The number of carbonyl (C=O) groups excluding carboxylic acids is 2. The molecule has 0 aliphatic carbocycles. The Kier molecular flexibility index (Phi) is 4.34. The van der Waals surface area contributed by atoms with Gasteiger partial charge >= 0.3 is 0 Å². The lowest BCUT2D eigenvalue weighted by atomic mass is 9.92. The van der Waals surface area contributed by atoms with Crippen molar-refractivity contribution in [1.29, 1.82) is 0 Å². The minimum Gasteiger partial charge on any atom is -0.375 e. The number of rotatable bonds is 2. The quantitative estimate of drug-likeness (QED) is 0.703. The molecular weight excluding hydrogens is 258 g/mol. The molecule has 0 bridgehead atoms. The molecule has 2 heterocycles. The summed E-state index contributed by atoms with van der Waals surface area (Å²) in [6.45, 7) is 9.81. The van der Waals surface area contributed by atoms with Gasteiger partial charge in [0.05, 0.1) is 0 Å². The van der Waals surface area contributed by atoms with Gasteiger partial charge in [0.25, 0.3) is 0 Å². The average Bonchev–Trinajstić information content (AvgIpc) is 2.37. The molecule has 0 saturated carbocycles. The van der Waals surface area contributed by atoms with Crippen molar-refractivity contribution in [2.75, 3.05) is 46.4 Å². The van der Waals surface area contributed by atoms with E-state index >= 15 is 0 Å². The van der Waals surface area contributed by atoms with Gasteiger partial charge in [-0.25, -0.2) is 0 Å². The van der Waals surface area contributed by atoms with E-state index in [1.807, 2.05) is 9.80 Å². The zero-order chi connectivity index (χ0) is 14.9. The van der Waals surface area contributed by atoms with Crippen molar-refractivity contribution >= 4 is 11.8 Å². The Morgan fingerprint density at radius 3 is 2.45 bits per heavy atom. The molecule has 0 aromatic carbocycles. The molecular formula is C14H25N3O3. The van der Waals surface area contributed by atoms with Crippen LogP contribution in [0.2, 0.25) is 0 Å². The molecule has 2 amide bonds. The van der Waals surface area contributed by atoms with Crippen LogP contribution in [0.1, 0.15) is 20.8 Å². The molecule has 2 rings (SSSR count). The van der Waals surface area contributed by atoms with Crippen molar-refractivity contribution in [1.82, 2.24) is 14.7 Å². The first-order valence-corrected chi connectivity index (χ1v) is 7.14. The predicted molar refractivity (Wildman–Crippen MR) is 75.3 cm³/mol. The van der Waals surface area contributed by atoms with E-state index in [4.69, 9.17) is 4.74 Å². The monoisotopic (exact) mass is 283 g/mol. The first kappa shape index (κ1) is 15.3. The third-order valence-corrected chi connectivity index (χ3v) is 4.34. The van der Waals surface area contributed by atoms with Crippen molar-refractivity contribution in [2.24, 2.45) is 0 Å². The Balaban J connectivity index is 2.08.